The van der Waals surface area contributed by atoms with Gasteiger partial charge in [0, 0.05) is 52.3 Å². The van der Waals surface area contributed by atoms with Crippen LogP contribution >= 0.6 is 24.0 Å². The molecule has 2 fully saturated rings. The van der Waals surface area contributed by atoms with Crippen molar-refractivity contribution in [1.29, 1.82) is 0 Å². The summed E-state index contributed by atoms with van der Waals surface area (Å²) in [5.41, 5.74) is 0.177. The lowest BCUT2D eigenvalue weighted by molar-refractivity contribution is -0.0835. The standard InChI is InChI=1S/C20H40N4O2.HI/c1-16(15-24-8-11-25-12-9-24)13-22-19(21-5)23-14-17-7-6-10-26-18(17)20(2,3)4;/h16-18H,6-15H2,1-5H3,(H2,21,22,23);1H. The highest BCUT2D eigenvalue weighted by Crippen LogP contribution is 2.33. The number of hydrogen-bond donors (Lipinski definition) is 2. The number of nitrogens with zero attached hydrogens (tertiary/aromatic N) is 2. The van der Waals surface area contributed by atoms with Gasteiger partial charge in [-0.05, 0) is 24.2 Å². The molecule has 160 valence electrons. The van der Waals surface area contributed by atoms with Crippen molar-refractivity contribution >= 4 is 29.9 Å². The maximum atomic E-state index is 6.09. The van der Waals surface area contributed by atoms with Crippen LogP contribution in [0.2, 0.25) is 0 Å². The zero-order valence-electron chi connectivity index (χ0n) is 17.9. The molecule has 0 aromatic heterocycles. The Hall–Kier alpha value is -0.120. The van der Waals surface area contributed by atoms with Gasteiger partial charge in [0.15, 0.2) is 5.96 Å². The Morgan fingerprint density at radius 1 is 1.19 bits per heavy atom. The van der Waals surface area contributed by atoms with E-state index in [4.69, 9.17) is 9.47 Å². The molecule has 2 aliphatic heterocycles. The van der Waals surface area contributed by atoms with Gasteiger partial charge in [0.25, 0.3) is 0 Å². The van der Waals surface area contributed by atoms with E-state index in [0.717, 1.165) is 64.9 Å². The van der Waals surface area contributed by atoms with Gasteiger partial charge >= 0.3 is 0 Å². The lowest BCUT2D eigenvalue weighted by atomic mass is 9.78. The fourth-order valence-electron chi connectivity index (χ4n) is 4.02. The molecule has 6 nitrogen and oxygen atoms in total. The summed E-state index contributed by atoms with van der Waals surface area (Å²) in [6.45, 7) is 16.8. The Balaban J connectivity index is 0.00000364. The number of guanidine groups is 1. The van der Waals surface area contributed by atoms with Crippen LogP contribution in [0.4, 0.5) is 0 Å². The largest absolute Gasteiger partial charge is 0.379 e. The fourth-order valence-corrected chi connectivity index (χ4v) is 4.02. The highest BCUT2D eigenvalue weighted by Gasteiger charge is 2.35. The Labute approximate surface area is 183 Å². The Bertz CT molecular complexity index is 436. The number of rotatable bonds is 6. The average molecular weight is 496 g/mol. The van der Waals surface area contributed by atoms with Gasteiger partial charge in [0.2, 0.25) is 0 Å². The van der Waals surface area contributed by atoms with Crippen molar-refractivity contribution in [3.63, 3.8) is 0 Å². The third kappa shape index (κ3) is 8.83. The lowest BCUT2D eigenvalue weighted by Gasteiger charge is -2.40. The van der Waals surface area contributed by atoms with Gasteiger partial charge in [0.1, 0.15) is 0 Å². The maximum absolute atomic E-state index is 6.09. The van der Waals surface area contributed by atoms with Gasteiger partial charge in [-0.3, -0.25) is 9.89 Å². The van der Waals surface area contributed by atoms with Crippen LogP contribution in [-0.2, 0) is 9.47 Å². The first-order valence-electron chi connectivity index (χ1n) is 10.3. The predicted octanol–water partition coefficient (Wildman–Crippen LogP) is 2.58. The molecule has 2 rings (SSSR count). The molecule has 2 heterocycles. The molecule has 0 aromatic rings. The van der Waals surface area contributed by atoms with E-state index in [0.29, 0.717) is 17.9 Å². The Kier molecular flexibility index (Phi) is 11.5. The highest BCUT2D eigenvalue weighted by molar-refractivity contribution is 14.0. The van der Waals surface area contributed by atoms with Gasteiger partial charge in [-0.1, -0.05) is 27.7 Å². The fraction of sp³-hybridized carbons (Fsp3) is 0.950. The van der Waals surface area contributed by atoms with Crippen LogP contribution in [0.3, 0.4) is 0 Å². The van der Waals surface area contributed by atoms with Crippen molar-refractivity contribution < 1.29 is 9.47 Å². The van der Waals surface area contributed by atoms with Crippen molar-refractivity contribution in [2.24, 2.45) is 22.2 Å². The summed E-state index contributed by atoms with van der Waals surface area (Å²) >= 11 is 0. The van der Waals surface area contributed by atoms with Crippen LogP contribution in [0.25, 0.3) is 0 Å². The summed E-state index contributed by atoms with van der Waals surface area (Å²) in [6.07, 6.45) is 2.68. The van der Waals surface area contributed by atoms with E-state index in [-0.39, 0.29) is 29.4 Å². The number of morpholine rings is 1. The average Bonchev–Trinajstić information content (AvgIpc) is 2.62. The van der Waals surface area contributed by atoms with Crippen LogP contribution < -0.4 is 10.6 Å². The van der Waals surface area contributed by atoms with Gasteiger partial charge in [-0.15, -0.1) is 24.0 Å². The van der Waals surface area contributed by atoms with Gasteiger partial charge in [-0.2, -0.15) is 0 Å². The van der Waals surface area contributed by atoms with Crippen LogP contribution in [0.5, 0.6) is 0 Å². The van der Waals surface area contributed by atoms with Gasteiger partial charge in [0.05, 0.1) is 19.3 Å². The molecule has 27 heavy (non-hydrogen) atoms. The molecule has 0 spiro atoms. The molecular weight excluding hydrogens is 455 g/mol. The topological polar surface area (TPSA) is 58.1 Å². The monoisotopic (exact) mass is 496 g/mol. The van der Waals surface area contributed by atoms with E-state index in [2.05, 4.69) is 48.2 Å². The smallest absolute Gasteiger partial charge is 0.190 e. The van der Waals surface area contributed by atoms with E-state index in [1.807, 2.05) is 7.05 Å². The van der Waals surface area contributed by atoms with Crippen LogP contribution in [0.1, 0.15) is 40.5 Å². The molecular formula is C20H41IN4O2. The number of hydrogen-bond acceptors (Lipinski definition) is 4. The number of ether oxygens (including phenoxy) is 2. The van der Waals surface area contributed by atoms with Crippen LogP contribution in [-0.4, -0.2) is 76.6 Å². The molecule has 7 heteroatoms. The summed E-state index contributed by atoms with van der Waals surface area (Å²) in [7, 11) is 1.85. The molecule has 0 saturated carbocycles. The first-order valence-corrected chi connectivity index (χ1v) is 10.3. The summed E-state index contributed by atoms with van der Waals surface area (Å²) in [5.74, 6) is 2.01. The molecule has 2 aliphatic rings. The normalized spacial score (nSPS) is 26.2. The van der Waals surface area contributed by atoms with Crippen molar-refractivity contribution in [2.45, 2.75) is 46.6 Å². The molecule has 0 aliphatic carbocycles. The molecule has 3 unspecified atom stereocenters. The summed E-state index contributed by atoms with van der Waals surface area (Å²) < 4.78 is 11.5. The van der Waals surface area contributed by atoms with Crippen LogP contribution in [0, 0.1) is 17.3 Å². The minimum absolute atomic E-state index is 0. The van der Waals surface area contributed by atoms with Gasteiger partial charge in [-0.25, -0.2) is 0 Å². The molecule has 0 aromatic carbocycles. The van der Waals surface area contributed by atoms with Crippen molar-refractivity contribution in [3.05, 3.63) is 0 Å². The van der Waals surface area contributed by atoms with Crippen LogP contribution in [0.15, 0.2) is 4.99 Å². The third-order valence-corrected chi connectivity index (χ3v) is 5.35. The maximum Gasteiger partial charge on any atom is 0.190 e. The number of nitrogens with one attached hydrogen (secondary N) is 2. The molecule has 2 N–H and O–H groups in total. The Morgan fingerprint density at radius 3 is 2.52 bits per heavy atom. The third-order valence-electron chi connectivity index (χ3n) is 5.35. The van der Waals surface area contributed by atoms with E-state index < -0.39 is 0 Å². The van der Waals surface area contributed by atoms with E-state index in [1.165, 1.54) is 6.42 Å². The molecule has 3 atom stereocenters. The van der Waals surface area contributed by atoms with E-state index >= 15 is 0 Å². The van der Waals surface area contributed by atoms with Gasteiger partial charge < -0.3 is 20.1 Å². The molecule has 2 saturated heterocycles. The van der Waals surface area contributed by atoms with E-state index in [1.54, 1.807) is 0 Å². The molecule has 0 amide bonds. The molecule has 0 radical (unpaired) electrons. The van der Waals surface area contributed by atoms with Crippen molar-refractivity contribution in [2.75, 3.05) is 59.6 Å². The SMILES string of the molecule is CN=C(NCC(C)CN1CCOCC1)NCC1CCCOC1C(C)(C)C.I. The Morgan fingerprint density at radius 2 is 1.89 bits per heavy atom. The zero-order valence-corrected chi connectivity index (χ0v) is 20.3. The van der Waals surface area contributed by atoms with Crippen molar-refractivity contribution in [1.82, 2.24) is 15.5 Å². The summed E-state index contributed by atoms with van der Waals surface area (Å²) in [4.78, 5) is 6.88. The second-order valence-corrected chi connectivity index (χ2v) is 8.91. The van der Waals surface area contributed by atoms with Crippen molar-refractivity contribution in [3.8, 4) is 0 Å². The number of aliphatic imine (C=N–C) groups is 1. The second-order valence-electron chi connectivity index (χ2n) is 8.91. The second kappa shape index (κ2) is 12.4. The summed E-state index contributed by atoms with van der Waals surface area (Å²) in [5, 5.41) is 7.02. The van der Waals surface area contributed by atoms with E-state index in [9.17, 15) is 0 Å². The number of halogens is 1. The first-order chi connectivity index (χ1) is 12.4. The molecule has 0 bridgehead atoms. The summed E-state index contributed by atoms with van der Waals surface area (Å²) in [6, 6.07) is 0. The lowest BCUT2D eigenvalue weighted by Crippen LogP contribution is -2.48. The minimum atomic E-state index is 0. The quantitative estimate of drug-likeness (QED) is 0.337. The predicted molar refractivity (Wildman–Crippen MR) is 123 cm³/mol. The first kappa shape index (κ1) is 24.9. The minimum Gasteiger partial charge on any atom is -0.379 e. The highest BCUT2D eigenvalue weighted by atomic mass is 127. The zero-order chi connectivity index (χ0) is 19.0.